The van der Waals surface area contributed by atoms with Gasteiger partial charge in [0.2, 0.25) is 0 Å². The number of halogens is 4. The van der Waals surface area contributed by atoms with Crippen LogP contribution in [0.3, 0.4) is 0 Å². The largest absolute Gasteiger partial charge is 0.132 e. The molecule has 80 valence electrons. The van der Waals surface area contributed by atoms with Crippen LogP contribution in [-0.2, 0) is 0 Å². The molecule has 2 aromatic rings. The van der Waals surface area contributed by atoms with Crippen molar-refractivity contribution in [1.29, 1.82) is 0 Å². The lowest BCUT2D eigenvalue weighted by Gasteiger charge is -2.05. The van der Waals surface area contributed by atoms with Gasteiger partial charge in [-0.3, -0.25) is 0 Å². The van der Waals surface area contributed by atoms with E-state index >= 15 is 0 Å². The highest BCUT2D eigenvalue weighted by molar-refractivity contribution is 9.12. The van der Waals surface area contributed by atoms with Crippen LogP contribution in [0.25, 0.3) is 0 Å². The van der Waals surface area contributed by atoms with Crippen molar-refractivity contribution in [1.82, 2.24) is 0 Å². The molecule has 0 radical (unpaired) electrons. The van der Waals surface area contributed by atoms with Crippen LogP contribution in [0, 0.1) is 0 Å². The summed E-state index contributed by atoms with van der Waals surface area (Å²) in [6.07, 6.45) is 0. The van der Waals surface area contributed by atoms with E-state index < -0.39 is 0 Å². The molecule has 0 N–H and O–H groups in total. The predicted octanol–water partition coefficient (Wildman–Crippen LogP) is 6.58. The zero-order valence-electron chi connectivity index (χ0n) is 7.14. The van der Waals surface area contributed by atoms with Gasteiger partial charge in [-0.2, -0.15) is 0 Å². The van der Waals surface area contributed by atoms with Crippen molar-refractivity contribution in [3.63, 3.8) is 0 Å². The van der Waals surface area contributed by atoms with Crippen LogP contribution in [0.1, 0.15) is 15.3 Å². The summed E-state index contributed by atoms with van der Waals surface area (Å²) in [6.45, 7) is 0. The average molecular weight is 496 g/mol. The molecule has 0 fully saturated rings. The molecule has 0 bridgehead atoms. The van der Waals surface area contributed by atoms with Crippen LogP contribution in [0.15, 0.2) is 29.6 Å². The molecule has 2 aromatic heterocycles. The fourth-order valence-corrected chi connectivity index (χ4v) is 6.72. The van der Waals surface area contributed by atoms with Crippen molar-refractivity contribution in [3.05, 3.63) is 40.0 Å². The van der Waals surface area contributed by atoms with Gasteiger partial charge in [-0.05, 0) is 71.6 Å². The Hall–Kier alpha value is 1.32. The fraction of sp³-hybridized carbons (Fsp3) is 0.111. The Balaban J connectivity index is 2.35. The number of rotatable bonds is 2. The SMILES string of the molecule is Brc1ccc(C(Br)c2cc(Br)sc2Br)s1. The van der Waals surface area contributed by atoms with Crippen molar-refractivity contribution in [2.75, 3.05) is 0 Å². The first kappa shape index (κ1) is 12.8. The average Bonchev–Trinajstić information content (AvgIpc) is 2.71. The molecule has 0 saturated heterocycles. The Kier molecular flexibility index (Phi) is 4.52. The minimum atomic E-state index is 0.255. The first-order chi connectivity index (χ1) is 7.08. The second-order valence-corrected chi connectivity index (χ2v) is 9.94. The number of alkyl halides is 1. The van der Waals surface area contributed by atoms with E-state index in [1.54, 1.807) is 22.7 Å². The van der Waals surface area contributed by atoms with Crippen molar-refractivity contribution in [2.24, 2.45) is 0 Å². The molecule has 1 unspecified atom stereocenters. The Bertz CT molecular complexity index is 474. The molecular formula is C9H4Br4S2. The van der Waals surface area contributed by atoms with Crippen LogP contribution in [0.4, 0.5) is 0 Å². The summed E-state index contributed by atoms with van der Waals surface area (Å²) in [5.74, 6) is 0. The number of hydrogen-bond acceptors (Lipinski definition) is 2. The first-order valence-corrected chi connectivity index (χ1v) is 8.84. The molecule has 0 aliphatic rings. The predicted molar refractivity (Wildman–Crippen MR) is 82.5 cm³/mol. The summed E-state index contributed by atoms with van der Waals surface area (Å²) in [7, 11) is 0. The summed E-state index contributed by atoms with van der Waals surface area (Å²) in [6, 6.07) is 6.34. The smallest absolute Gasteiger partial charge is 0.0758 e. The Morgan fingerprint density at radius 3 is 2.20 bits per heavy atom. The molecule has 0 saturated carbocycles. The number of thiophene rings is 2. The van der Waals surface area contributed by atoms with Gasteiger partial charge in [0, 0.05) is 4.88 Å². The Morgan fingerprint density at radius 1 is 1.00 bits per heavy atom. The van der Waals surface area contributed by atoms with Gasteiger partial charge in [0.1, 0.15) is 0 Å². The first-order valence-electron chi connectivity index (χ1n) is 3.92. The number of hydrogen-bond donors (Lipinski definition) is 0. The van der Waals surface area contributed by atoms with Gasteiger partial charge >= 0.3 is 0 Å². The molecule has 1 atom stereocenters. The molecule has 2 heterocycles. The Morgan fingerprint density at radius 2 is 1.73 bits per heavy atom. The third-order valence-corrected chi connectivity index (χ3v) is 7.16. The van der Waals surface area contributed by atoms with Crippen LogP contribution in [0.2, 0.25) is 0 Å². The van der Waals surface area contributed by atoms with E-state index in [4.69, 9.17) is 0 Å². The van der Waals surface area contributed by atoms with Crippen LogP contribution in [0.5, 0.6) is 0 Å². The van der Waals surface area contributed by atoms with E-state index in [1.165, 1.54) is 14.2 Å². The molecule has 0 spiro atoms. The van der Waals surface area contributed by atoms with Crippen molar-refractivity contribution in [3.8, 4) is 0 Å². The highest BCUT2D eigenvalue weighted by Crippen LogP contribution is 2.44. The van der Waals surface area contributed by atoms with E-state index in [0.717, 1.165) is 7.57 Å². The van der Waals surface area contributed by atoms with Gasteiger partial charge in [-0.1, -0.05) is 15.9 Å². The van der Waals surface area contributed by atoms with E-state index in [2.05, 4.69) is 81.9 Å². The summed E-state index contributed by atoms with van der Waals surface area (Å²) in [4.78, 5) is 1.55. The van der Waals surface area contributed by atoms with E-state index in [-0.39, 0.29) is 4.83 Å². The van der Waals surface area contributed by atoms with Crippen molar-refractivity contribution < 1.29 is 0 Å². The van der Waals surface area contributed by atoms with Gasteiger partial charge in [0.25, 0.3) is 0 Å². The molecule has 0 amide bonds. The van der Waals surface area contributed by atoms with E-state index in [1.807, 2.05) is 0 Å². The summed E-state index contributed by atoms with van der Waals surface area (Å²) < 4.78 is 3.47. The Labute approximate surface area is 130 Å². The lowest BCUT2D eigenvalue weighted by molar-refractivity contribution is 1.23. The van der Waals surface area contributed by atoms with Crippen molar-refractivity contribution in [2.45, 2.75) is 4.83 Å². The molecule has 0 aliphatic heterocycles. The molecule has 15 heavy (non-hydrogen) atoms. The molecule has 0 aromatic carbocycles. The van der Waals surface area contributed by atoms with Gasteiger partial charge < -0.3 is 0 Å². The van der Waals surface area contributed by atoms with E-state index in [0.29, 0.717) is 0 Å². The van der Waals surface area contributed by atoms with Gasteiger partial charge in [-0.25, -0.2) is 0 Å². The minimum absolute atomic E-state index is 0.255. The second kappa shape index (κ2) is 5.31. The maximum atomic E-state index is 3.72. The third kappa shape index (κ3) is 2.96. The molecule has 0 aliphatic carbocycles. The monoisotopic (exact) mass is 492 g/mol. The molecule has 0 nitrogen and oxygen atoms in total. The highest BCUT2D eigenvalue weighted by atomic mass is 79.9. The minimum Gasteiger partial charge on any atom is -0.132 e. The standard InChI is InChI=1S/C9H4Br4S2/c10-6-2-1-5(14-6)8(12)4-3-7(11)15-9(4)13/h1-3,8H. The fourth-order valence-electron chi connectivity index (χ4n) is 1.14. The van der Waals surface area contributed by atoms with Crippen LogP contribution < -0.4 is 0 Å². The van der Waals surface area contributed by atoms with Gasteiger partial charge in [-0.15, -0.1) is 22.7 Å². The third-order valence-electron chi connectivity index (χ3n) is 1.80. The van der Waals surface area contributed by atoms with Gasteiger partial charge in [0.15, 0.2) is 0 Å². The highest BCUT2D eigenvalue weighted by Gasteiger charge is 2.17. The molecule has 6 heteroatoms. The maximum Gasteiger partial charge on any atom is 0.0758 e. The zero-order valence-corrected chi connectivity index (χ0v) is 15.1. The zero-order chi connectivity index (χ0) is 11.0. The maximum absolute atomic E-state index is 3.72. The van der Waals surface area contributed by atoms with Crippen molar-refractivity contribution >= 4 is 86.4 Å². The van der Waals surface area contributed by atoms with E-state index in [9.17, 15) is 0 Å². The lowest BCUT2D eigenvalue weighted by Crippen LogP contribution is -1.86. The lowest BCUT2D eigenvalue weighted by atomic mass is 10.2. The topological polar surface area (TPSA) is 0 Å². The van der Waals surface area contributed by atoms with Gasteiger partial charge in [0.05, 0.1) is 16.2 Å². The summed E-state index contributed by atoms with van der Waals surface area (Å²) in [5, 5.41) is 0. The molecular weight excluding hydrogens is 492 g/mol. The molecule has 2 rings (SSSR count). The van der Waals surface area contributed by atoms with Crippen LogP contribution in [-0.4, -0.2) is 0 Å². The van der Waals surface area contributed by atoms with Crippen LogP contribution >= 0.6 is 86.4 Å². The normalized spacial score (nSPS) is 13.1. The summed E-state index contributed by atoms with van der Waals surface area (Å²) in [5.41, 5.74) is 1.27. The second-order valence-electron chi connectivity index (χ2n) is 2.78. The summed E-state index contributed by atoms with van der Waals surface area (Å²) >= 11 is 17.7. The quantitative estimate of drug-likeness (QED) is 0.413.